The van der Waals surface area contributed by atoms with Crippen LogP contribution in [0.2, 0.25) is 0 Å². The average molecular weight is 980 g/mol. The predicted octanol–water partition coefficient (Wildman–Crippen LogP) is 7.04. The van der Waals surface area contributed by atoms with Crippen LogP contribution >= 0.6 is 0 Å². The van der Waals surface area contributed by atoms with Gasteiger partial charge in [0.15, 0.2) is 11.3 Å². The predicted molar refractivity (Wildman–Crippen MR) is 274 cm³/mol. The van der Waals surface area contributed by atoms with Gasteiger partial charge in [-0.1, -0.05) is 49.7 Å². The molecular formula is C54H65N11O7. The number of rotatable bonds is 15. The minimum atomic E-state index is -0.801. The molecule has 7 heterocycles. The fourth-order valence-electron chi connectivity index (χ4n) is 10.5. The standard InChI is InChI=1S/C54H65N11O7/c1-35-29-39(62-26-23-53(5,32-62)36-13-8-6-9-14-36)31-65-48(35)60-47(61-65)50(70)64-28-25-54(34-64)24-27-63(33-54)42-21-19-40(46(58-42)51(71)72-52(2,3)4)57-44(67)18-11-7-10-17-43(66)56-38-16-12-15-37(30-38)55-41-20-22-45(68)59-49(41)69/h6,8-9,12-16,19,21,29-31,41,55H,7,10-11,17-18,20,22-28,32-34H2,1-5H3,(H,56,66)(H,57,67)(H,59,68,69)/t41?,53-,54+/m0/s1. The molecule has 0 bridgehead atoms. The molecule has 378 valence electrons. The number of carbonyl (C=O) groups is 6. The van der Waals surface area contributed by atoms with Crippen LogP contribution in [0.4, 0.5) is 28.6 Å². The number of likely N-dealkylation sites (tertiary alicyclic amines) is 1. The van der Waals surface area contributed by atoms with Gasteiger partial charge < -0.3 is 35.4 Å². The Hall–Kier alpha value is -7.37. The molecular weight excluding hydrogens is 915 g/mol. The van der Waals surface area contributed by atoms with Gasteiger partial charge >= 0.3 is 5.97 Å². The zero-order valence-electron chi connectivity index (χ0n) is 41.9. The van der Waals surface area contributed by atoms with Gasteiger partial charge in [-0.15, -0.1) is 5.10 Å². The Labute approximate surface area is 419 Å². The summed E-state index contributed by atoms with van der Waals surface area (Å²) in [5, 5.41) is 15.9. The first-order valence-corrected chi connectivity index (χ1v) is 25.2. The van der Waals surface area contributed by atoms with Crippen molar-refractivity contribution in [1.82, 2.24) is 29.8 Å². The number of unbranched alkanes of at least 4 members (excludes halogenated alkanes) is 2. The zero-order chi connectivity index (χ0) is 50.8. The van der Waals surface area contributed by atoms with Crippen LogP contribution in [0.3, 0.4) is 0 Å². The number of nitrogens with one attached hydrogen (secondary N) is 4. The molecule has 4 aliphatic rings. The van der Waals surface area contributed by atoms with Crippen molar-refractivity contribution in [2.75, 3.05) is 65.0 Å². The molecule has 5 amide bonds. The van der Waals surface area contributed by atoms with Crippen molar-refractivity contribution in [3.8, 4) is 0 Å². The Balaban J connectivity index is 0.770. The average Bonchev–Trinajstić information content (AvgIpc) is 4.17. The topological polar surface area (TPSA) is 213 Å². The number of imide groups is 1. The molecule has 18 nitrogen and oxygen atoms in total. The highest BCUT2D eigenvalue weighted by Gasteiger charge is 2.46. The number of piperidine rings is 1. The maximum atomic E-state index is 14.1. The van der Waals surface area contributed by atoms with Crippen molar-refractivity contribution in [1.29, 1.82) is 0 Å². The number of fused-ring (bicyclic) bond motifs is 1. The lowest BCUT2D eigenvalue weighted by molar-refractivity contribution is -0.133. The Bertz CT molecular complexity index is 2900. The summed E-state index contributed by atoms with van der Waals surface area (Å²) in [7, 11) is 0. The van der Waals surface area contributed by atoms with Crippen molar-refractivity contribution in [2.45, 2.75) is 116 Å². The molecule has 72 heavy (non-hydrogen) atoms. The molecule has 3 aromatic heterocycles. The number of nitrogens with zero attached hydrogens (tertiary/aromatic N) is 7. The molecule has 0 aliphatic carbocycles. The Morgan fingerprint density at radius 1 is 0.806 bits per heavy atom. The lowest BCUT2D eigenvalue weighted by Gasteiger charge is -2.26. The largest absolute Gasteiger partial charge is 0.455 e. The number of esters is 1. The van der Waals surface area contributed by atoms with E-state index in [-0.39, 0.29) is 76.8 Å². The van der Waals surface area contributed by atoms with Crippen molar-refractivity contribution in [3.63, 3.8) is 0 Å². The van der Waals surface area contributed by atoms with Gasteiger partial charge in [0.25, 0.3) is 5.91 Å². The van der Waals surface area contributed by atoms with E-state index in [4.69, 9.17) is 19.8 Å². The molecule has 4 aliphatic heterocycles. The molecule has 4 N–H and O–H groups in total. The molecule has 1 unspecified atom stereocenters. The number of anilines is 5. The molecule has 9 rings (SSSR count). The van der Waals surface area contributed by atoms with E-state index in [2.05, 4.69) is 74.4 Å². The smallest absolute Gasteiger partial charge is 0.359 e. The number of aryl methyl sites for hydroxylation is 1. The lowest BCUT2D eigenvalue weighted by atomic mass is 9.82. The summed E-state index contributed by atoms with van der Waals surface area (Å²) in [6.45, 7) is 13.9. The Morgan fingerprint density at radius 2 is 1.54 bits per heavy atom. The molecule has 1 spiro atoms. The van der Waals surface area contributed by atoms with E-state index < -0.39 is 17.6 Å². The maximum absolute atomic E-state index is 14.1. The van der Waals surface area contributed by atoms with Gasteiger partial charge in [-0.05, 0) is 114 Å². The van der Waals surface area contributed by atoms with Gasteiger partial charge in [-0.25, -0.2) is 19.3 Å². The van der Waals surface area contributed by atoms with Gasteiger partial charge in [0.05, 0.1) is 17.6 Å². The van der Waals surface area contributed by atoms with Crippen molar-refractivity contribution in [3.05, 3.63) is 102 Å². The highest BCUT2D eigenvalue weighted by Crippen LogP contribution is 2.42. The third kappa shape index (κ3) is 11.4. The number of hydrogen-bond acceptors (Lipinski definition) is 13. The van der Waals surface area contributed by atoms with E-state index in [0.717, 1.165) is 43.6 Å². The first-order valence-electron chi connectivity index (χ1n) is 25.2. The third-order valence-electron chi connectivity index (χ3n) is 14.4. The van der Waals surface area contributed by atoms with Crippen LogP contribution in [0.15, 0.2) is 79.0 Å². The molecule has 4 saturated heterocycles. The second-order valence-electron chi connectivity index (χ2n) is 21.3. The molecule has 5 aromatic rings. The highest BCUT2D eigenvalue weighted by molar-refractivity contribution is 6.02. The maximum Gasteiger partial charge on any atom is 0.359 e. The number of carbonyl (C=O) groups excluding carboxylic acids is 6. The van der Waals surface area contributed by atoms with E-state index in [1.165, 1.54) is 5.56 Å². The highest BCUT2D eigenvalue weighted by atomic mass is 16.6. The summed E-state index contributed by atoms with van der Waals surface area (Å²) >= 11 is 0. The quantitative estimate of drug-likeness (QED) is 0.0472. The van der Waals surface area contributed by atoms with Crippen molar-refractivity contribution < 1.29 is 33.5 Å². The fraction of sp³-hybridized carbons (Fsp3) is 0.463. The van der Waals surface area contributed by atoms with E-state index in [0.29, 0.717) is 74.7 Å². The van der Waals surface area contributed by atoms with E-state index in [1.54, 1.807) is 61.7 Å². The number of benzene rings is 2. The van der Waals surface area contributed by atoms with Crippen LogP contribution in [0.1, 0.15) is 124 Å². The minimum absolute atomic E-state index is 0.0133. The third-order valence-corrected chi connectivity index (χ3v) is 14.4. The summed E-state index contributed by atoms with van der Waals surface area (Å²) in [4.78, 5) is 93.3. The molecule has 0 saturated carbocycles. The molecule has 18 heteroatoms. The van der Waals surface area contributed by atoms with Gasteiger partial charge in [0, 0.05) is 80.7 Å². The SMILES string of the molecule is Cc1cc(N2CC[C@](C)(c3ccccc3)C2)cn2nc(C(=O)N3CC[C@@]4(CCN(c5ccc(NC(=O)CCCCCC(=O)Nc6cccc(NC7CCC(=O)NC7=O)c6)c(C(=O)OC(C)(C)C)n5)C4)C3)nc12. The first kappa shape index (κ1) is 49.6. The Morgan fingerprint density at radius 3 is 2.31 bits per heavy atom. The fourth-order valence-corrected chi connectivity index (χ4v) is 10.5. The summed E-state index contributed by atoms with van der Waals surface area (Å²) in [5.74, 6) is -1.20. The lowest BCUT2D eigenvalue weighted by Crippen LogP contribution is -2.47. The molecule has 4 fully saturated rings. The van der Waals surface area contributed by atoms with Crippen molar-refractivity contribution in [2.24, 2.45) is 5.41 Å². The first-order chi connectivity index (χ1) is 34.4. The van der Waals surface area contributed by atoms with E-state index >= 15 is 0 Å². The monoisotopic (exact) mass is 980 g/mol. The van der Waals surface area contributed by atoms with Crippen LogP contribution < -0.4 is 31.1 Å². The van der Waals surface area contributed by atoms with Crippen LogP contribution in [-0.2, 0) is 29.3 Å². The summed E-state index contributed by atoms with van der Waals surface area (Å²) in [6, 6.07) is 22.8. The van der Waals surface area contributed by atoms with Crippen LogP contribution in [0.5, 0.6) is 0 Å². The summed E-state index contributed by atoms with van der Waals surface area (Å²) in [5.41, 5.74) is 4.58. The Kier molecular flexibility index (Phi) is 14.0. The zero-order valence-corrected chi connectivity index (χ0v) is 41.9. The minimum Gasteiger partial charge on any atom is -0.455 e. The normalized spacial score (nSPS) is 21.1. The number of aromatic nitrogens is 4. The summed E-state index contributed by atoms with van der Waals surface area (Å²) < 4.78 is 7.50. The number of pyridine rings is 2. The van der Waals surface area contributed by atoms with E-state index in [1.807, 2.05) is 18.0 Å². The van der Waals surface area contributed by atoms with Crippen LogP contribution in [0.25, 0.3) is 5.65 Å². The van der Waals surface area contributed by atoms with Crippen molar-refractivity contribution >= 4 is 69.7 Å². The second kappa shape index (κ2) is 20.4. The van der Waals surface area contributed by atoms with Gasteiger partial charge in [-0.2, -0.15) is 0 Å². The van der Waals surface area contributed by atoms with E-state index in [9.17, 15) is 28.8 Å². The van der Waals surface area contributed by atoms with Crippen LogP contribution in [0, 0.1) is 12.3 Å². The number of amides is 5. The second-order valence-corrected chi connectivity index (χ2v) is 21.3. The number of ether oxygens (including phenoxy) is 1. The molecule has 2 aromatic carbocycles. The molecule has 0 radical (unpaired) electrons. The van der Waals surface area contributed by atoms with Gasteiger partial charge in [0.1, 0.15) is 17.5 Å². The van der Waals surface area contributed by atoms with Gasteiger partial charge in [-0.3, -0.25) is 29.3 Å². The van der Waals surface area contributed by atoms with Crippen LogP contribution in [-0.4, -0.2) is 111 Å². The van der Waals surface area contributed by atoms with Gasteiger partial charge in [0.2, 0.25) is 29.5 Å². The molecule has 3 atom stereocenters. The number of hydrogen-bond donors (Lipinski definition) is 4. The summed E-state index contributed by atoms with van der Waals surface area (Å²) in [6.07, 6.45) is 7.44.